The maximum atomic E-state index is 8.71. The lowest BCUT2D eigenvalue weighted by atomic mass is 10.2. The van der Waals surface area contributed by atoms with Gasteiger partial charge in [-0.2, -0.15) is 5.26 Å². The summed E-state index contributed by atoms with van der Waals surface area (Å²) in [5.41, 5.74) is 1.35. The van der Waals surface area contributed by atoms with E-state index in [2.05, 4.69) is 16.4 Å². The Balaban J connectivity index is 2.60. The Labute approximate surface area is 77.2 Å². The fourth-order valence-electron chi connectivity index (χ4n) is 0.925. The topological polar surface area (TPSA) is 57.9 Å². The number of hydrogen-bond donors (Lipinski definition) is 1. The maximum absolute atomic E-state index is 8.71. The van der Waals surface area contributed by atoms with Crippen LogP contribution in [-0.2, 0) is 4.74 Å². The number of anilines is 1. The highest BCUT2D eigenvalue weighted by Crippen LogP contribution is 2.10. The van der Waals surface area contributed by atoms with Crippen LogP contribution in [0.5, 0.6) is 0 Å². The molecule has 1 rings (SSSR count). The number of nitriles is 1. The molecule has 1 N–H and O–H groups in total. The molecule has 13 heavy (non-hydrogen) atoms. The molecular weight excluding hydrogens is 166 g/mol. The van der Waals surface area contributed by atoms with E-state index in [1.165, 1.54) is 6.20 Å². The third-order valence-corrected chi connectivity index (χ3v) is 1.56. The Morgan fingerprint density at radius 3 is 3.23 bits per heavy atom. The lowest BCUT2D eigenvalue weighted by Gasteiger charge is -2.05. The number of ether oxygens (including phenoxy) is 1. The molecule has 68 valence electrons. The Bertz CT molecular complexity index is 306. The van der Waals surface area contributed by atoms with Crippen molar-refractivity contribution in [2.24, 2.45) is 0 Å². The van der Waals surface area contributed by atoms with E-state index in [0.717, 1.165) is 5.69 Å². The van der Waals surface area contributed by atoms with Crippen LogP contribution >= 0.6 is 0 Å². The maximum Gasteiger partial charge on any atom is 0.103 e. The van der Waals surface area contributed by atoms with Crippen LogP contribution in [0, 0.1) is 11.3 Å². The fraction of sp³-hybridized carbons (Fsp3) is 0.333. The van der Waals surface area contributed by atoms with Crippen molar-refractivity contribution >= 4 is 5.69 Å². The van der Waals surface area contributed by atoms with Gasteiger partial charge < -0.3 is 10.1 Å². The molecule has 0 amide bonds. The summed E-state index contributed by atoms with van der Waals surface area (Å²) in [6, 6.07) is 3.83. The third kappa shape index (κ3) is 2.73. The zero-order valence-corrected chi connectivity index (χ0v) is 7.45. The van der Waals surface area contributed by atoms with Crippen molar-refractivity contribution in [3.05, 3.63) is 24.0 Å². The van der Waals surface area contributed by atoms with E-state index in [1.807, 2.05) is 0 Å². The second kappa shape index (κ2) is 5.12. The SMILES string of the molecule is COCCNc1ccncc1C#N. The molecule has 1 aromatic rings. The minimum absolute atomic E-state index is 0.554. The van der Waals surface area contributed by atoms with Crippen molar-refractivity contribution in [3.8, 4) is 6.07 Å². The highest BCUT2D eigenvalue weighted by Gasteiger charge is 1.98. The first kappa shape index (κ1) is 9.49. The summed E-state index contributed by atoms with van der Waals surface area (Å²) in [6.07, 6.45) is 3.19. The Kier molecular flexibility index (Phi) is 3.74. The van der Waals surface area contributed by atoms with Gasteiger partial charge in [-0.15, -0.1) is 0 Å². The number of aromatic nitrogens is 1. The molecule has 0 saturated heterocycles. The minimum atomic E-state index is 0.554. The average Bonchev–Trinajstić information content (AvgIpc) is 2.19. The second-order valence-corrected chi connectivity index (χ2v) is 2.45. The second-order valence-electron chi connectivity index (χ2n) is 2.45. The number of pyridine rings is 1. The van der Waals surface area contributed by atoms with Gasteiger partial charge in [0.25, 0.3) is 0 Å². The normalized spacial score (nSPS) is 9.23. The van der Waals surface area contributed by atoms with Gasteiger partial charge in [0.15, 0.2) is 0 Å². The summed E-state index contributed by atoms with van der Waals surface area (Å²) in [7, 11) is 1.64. The lowest BCUT2D eigenvalue weighted by Crippen LogP contribution is -2.08. The molecular formula is C9H11N3O. The van der Waals surface area contributed by atoms with Gasteiger partial charge in [-0.3, -0.25) is 4.98 Å². The summed E-state index contributed by atoms with van der Waals surface area (Å²) >= 11 is 0. The molecule has 0 radical (unpaired) electrons. The Morgan fingerprint density at radius 1 is 1.69 bits per heavy atom. The smallest absolute Gasteiger partial charge is 0.103 e. The standard InChI is InChI=1S/C9H11N3O/c1-13-5-4-12-9-2-3-11-7-8(9)6-10/h2-3,7H,4-5H2,1H3,(H,11,12). The first-order valence-corrected chi connectivity index (χ1v) is 3.95. The molecule has 0 bridgehead atoms. The molecule has 0 aromatic carbocycles. The zero-order chi connectivity index (χ0) is 9.52. The number of nitrogens with one attached hydrogen (secondary N) is 1. The lowest BCUT2D eigenvalue weighted by molar-refractivity contribution is 0.211. The predicted octanol–water partition coefficient (Wildman–Crippen LogP) is 1.01. The summed E-state index contributed by atoms with van der Waals surface area (Å²) < 4.78 is 4.88. The van der Waals surface area contributed by atoms with Gasteiger partial charge in [-0.1, -0.05) is 0 Å². The first-order valence-electron chi connectivity index (χ1n) is 3.95. The van der Waals surface area contributed by atoms with E-state index in [-0.39, 0.29) is 0 Å². The largest absolute Gasteiger partial charge is 0.383 e. The first-order chi connectivity index (χ1) is 6.38. The quantitative estimate of drug-likeness (QED) is 0.697. The summed E-state index contributed by atoms with van der Waals surface area (Å²) in [5.74, 6) is 0. The summed E-state index contributed by atoms with van der Waals surface area (Å²) in [6.45, 7) is 1.31. The molecule has 4 heteroatoms. The van der Waals surface area contributed by atoms with Gasteiger partial charge in [-0.05, 0) is 6.07 Å². The van der Waals surface area contributed by atoms with Crippen LogP contribution in [0.3, 0.4) is 0 Å². The molecule has 4 nitrogen and oxygen atoms in total. The highest BCUT2D eigenvalue weighted by atomic mass is 16.5. The van der Waals surface area contributed by atoms with E-state index in [4.69, 9.17) is 10.00 Å². The summed E-state index contributed by atoms with van der Waals surface area (Å²) in [4.78, 5) is 3.85. The van der Waals surface area contributed by atoms with E-state index < -0.39 is 0 Å². The molecule has 0 atom stereocenters. The highest BCUT2D eigenvalue weighted by molar-refractivity contribution is 5.55. The van der Waals surface area contributed by atoms with Gasteiger partial charge >= 0.3 is 0 Å². The number of methoxy groups -OCH3 is 1. The van der Waals surface area contributed by atoms with E-state index >= 15 is 0 Å². The van der Waals surface area contributed by atoms with E-state index in [0.29, 0.717) is 18.7 Å². The molecule has 1 heterocycles. The van der Waals surface area contributed by atoms with Crippen LogP contribution in [0.1, 0.15) is 5.56 Å². The van der Waals surface area contributed by atoms with Crippen molar-refractivity contribution in [1.29, 1.82) is 5.26 Å². The minimum Gasteiger partial charge on any atom is -0.383 e. The van der Waals surface area contributed by atoms with E-state index in [9.17, 15) is 0 Å². The number of nitrogens with zero attached hydrogens (tertiary/aromatic N) is 2. The van der Waals surface area contributed by atoms with Gasteiger partial charge in [-0.25, -0.2) is 0 Å². The third-order valence-electron chi connectivity index (χ3n) is 1.56. The van der Waals surface area contributed by atoms with Crippen LogP contribution in [0.15, 0.2) is 18.5 Å². The van der Waals surface area contributed by atoms with Gasteiger partial charge in [0.05, 0.1) is 17.9 Å². The molecule has 0 fully saturated rings. The number of hydrogen-bond acceptors (Lipinski definition) is 4. The Hall–Kier alpha value is -1.60. The monoisotopic (exact) mass is 177 g/mol. The Morgan fingerprint density at radius 2 is 2.54 bits per heavy atom. The van der Waals surface area contributed by atoms with Crippen molar-refractivity contribution in [3.63, 3.8) is 0 Å². The van der Waals surface area contributed by atoms with E-state index in [1.54, 1.807) is 19.4 Å². The van der Waals surface area contributed by atoms with Crippen LogP contribution < -0.4 is 5.32 Å². The predicted molar refractivity (Wildman–Crippen MR) is 49.3 cm³/mol. The van der Waals surface area contributed by atoms with Crippen LogP contribution in [-0.4, -0.2) is 25.2 Å². The molecule has 0 aliphatic rings. The van der Waals surface area contributed by atoms with Gasteiger partial charge in [0, 0.05) is 26.0 Å². The van der Waals surface area contributed by atoms with Crippen molar-refractivity contribution in [1.82, 2.24) is 4.98 Å². The van der Waals surface area contributed by atoms with Gasteiger partial charge in [0.1, 0.15) is 6.07 Å². The fourth-order valence-corrected chi connectivity index (χ4v) is 0.925. The number of rotatable bonds is 4. The average molecular weight is 177 g/mol. The van der Waals surface area contributed by atoms with Crippen LogP contribution in [0.2, 0.25) is 0 Å². The van der Waals surface area contributed by atoms with Crippen LogP contribution in [0.25, 0.3) is 0 Å². The van der Waals surface area contributed by atoms with Crippen molar-refractivity contribution in [2.45, 2.75) is 0 Å². The molecule has 1 aromatic heterocycles. The van der Waals surface area contributed by atoms with Gasteiger partial charge in [0.2, 0.25) is 0 Å². The molecule has 0 aliphatic carbocycles. The molecule has 0 spiro atoms. The molecule has 0 saturated carbocycles. The zero-order valence-electron chi connectivity index (χ0n) is 7.45. The summed E-state index contributed by atoms with van der Waals surface area (Å²) in [5, 5.41) is 11.8. The van der Waals surface area contributed by atoms with Crippen molar-refractivity contribution < 1.29 is 4.74 Å². The van der Waals surface area contributed by atoms with Crippen molar-refractivity contribution in [2.75, 3.05) is 25.6 Å². The van der Waals surface area contributed by atoms with Crippen LogP contribution in [0.4, 0.5) is 5.69 Å². The molecule has 0 unspecified atom stereocenters. The molecule has 0 aliphatic heterocycles.